The quantitative estimate of drug-likeness (QED) is 0.329. The van der Waals surface area contributed by atoms with E-state index in [2.05, 4.69) is 30.9 Å². The summed E-state index contributed by atoms with van der Waals surface area (Å²) in [6.07, 6.45) is 5.04. The lowest BCUT2D eigenvalue weighted by Crippen LogP contribution is -2.54. The van der Waals surface area contributed by atoms with Gasteiger partial charge in [0.15, 0.2) is 5.82 Å². The van der Waals surface area contributed by atoms with Crippen molar-refractivity contribution in [1.29, 1.82) is 0 Å². The van der Waals surface area contributed by atoms with Crippen molar-refractivity contribution in [3.8, 4) is 0 Å². The van der Waals surface area contributed by atoms with E-state index in [1.54, 1.807) is 24.4 Å². The van der Waals surface area contributed by atoms with Crippen molar-refractivity contribution < 1.29 is 19.2 Å². The van der Waals surface area contributed by atoms with Crippen LogP contribution in [0.2, 0.25) is 0 Å². The normalized spacial score (nSPS) is 17.5. The van der Waals surface area contributed by atoms with E-state index in [-0.39, 0.29) is 24.0 Å². The number of hydrogen-bond donors (Lipinski definition) is 3. The number of nitrogens with one attached hydrogen (secondary N) is 3. The average molecular weight is 473 g/mol. The molecule has 11 nitrogen and oxygen atoms in total. The van der Waals surface area contributed by atoms with Crippen LogP contribution in [0.3, 0.4) is 0 Å². The number of rotatable bonds is 8. The number of carbonyl (C=O) groups excluding carboxylic acids is 4. The summed E-state index contributed by atoms with van der Waals surface area (Å²) in [5, 5.41) is 8.73. The van der Waals surface area contributed by atoms with Crippen LogP contribution < -0.4 is 16.0 Å². The van der Waals surface area contributed by atoms with Crippen LogP contribution in [0.5, 0.6) is 0 Å². The van der Waals surface area contributed by atoms with Crippen molar-refractivity contribution in [3.05, 3.63) is 54.0 Å². The highest BCUT2D eigenvalue weighted by atomic mass is 16.2. The molecule has 1 aromatic carbocycles. The van der Waals surface area contributed by atoms with E-state index in [1.165, 1.54) is 6.33 Å². The van der Waals surface area contributed by atoms with Crippen LogP contribution in [0.1, 0.15) is 46.4 Å². The largest absolute Gasteiger partial charge is 0.384 e. The maximum atomic E-state index is 13.1. The molecule has 4 amide bonds. The summed E-state index contributed by atoms with van der Waals surface area (Å²) in [5.74, 6) is -1.37. The molecule has 3 N–H and O–H groups in total. The Hall–Kier alpha value is -4.41. The van der Waals surface area contributed by atoms with Gasteiger partial charge in [-0.1, -0.05) is 6.07 Å². The molecule has 2 aliphatic rings. The predicted molar refractivity (Wildman–Crippen MR) is 127 cm³/mol. The molecule has 2 aliphatic heterocycles. The van der Waals surface area contributed by atoms with Crippen LogP contribution in [0.15, 0.2) is 42.9 Å². The first-order valence-electron chi connectivity index (χ1n) is 11.4. The molecule has 11 heteroatoms. The summed E-state index contributed by atoms with van der Waals surface area (Å²) < 4.78 is 0. The fourth-order valence-corrected chi connectivity index (χ4v) is 4.36. The summed E-state index contributed by atoms with van der Waals surface area (Å²) in [4.78, 5) is 63.5. The van der Waals surface area contributed by atoms with Gasteiger partial charge in [-0.25, -0.2) is 9.97 Å². The third-order valence-electron chi connectivity index (χ3n) is 6.07. The summed E-state index contributed by atoms with van der Waals surface area (Å²) in [6, 6.07) is 7.75. The number of fused-ring (bicyclic) bond motifs is 2. The Morgan fingerprint density at radius 3 is 2.60 bits per heavy atom. The van der Waals surface area contributed by atoms with Gasteiger partial charge in [0.2, 0.25) is 11.8 Å². The van der Waals surface area contributed by atoms with Gasteiger partial charge in [-0.2, -0.15) is 0 Å². The molecule has 1 saturated heterocycles. The molecule has 4 heterocycles. The van der Waals surface area contributed by atoms with Gasteiger partial charge in [0.05, 0.1) is 16.6 Å². The topological polar surface area (TPSA) is 146 Å². The van der Waals surface area contributed by atoms with Gasteiger partial charge in [0.25, 0.3) is 11.8 Å². The molecule has 2 aromatic heterocycles. The molecular weight excluding hydrogens is 450 g/mol. The lowest BCUT2D eigenvalue weighted by molar-refractivity contribution is -0.136. The number of carbonyl (C=O) groups is 4. The maximum absolute atomic E-state index is 13.1. The van der Waals surface area contributed by atoms with Crippen LogP contribution >= 0.6 is 0 Å². The predicted octanol–water partition coefficient (Wildman–Crippen LogP) is 1.73. The molecule has 1 fully saturated rings. The smallest absolute Gasteiger partial charge is 0.264 e. The first-order chi connectivity index (χ1) is 17.0. The van der Waals surface area contributed by atoms with Gasteiger partial charge in [-0.3, -0.25) is 34.4 Å². The molecule has 1 atom stereocenters. The fraction of sp³-hybridized carbons (Fsp3) is 0.292. The highest BCUT2D eigenvalue weighted by Crippen LogP contribution is 2.32. The van der Waals surface area contributed by atoms with Crippen LogP contribution in [-0.2, 0) is 9.59 Å². The van der Waals surface area contributed by atoms with Crippen LogP contribution in [0, 0.1) is 0 Å². The number of benzene rings is 1. The maximum Gasteiger partial charge on any atom is 0.264 e. The molecule has 0 radical (unpaired) electrons. The third kappa shape index (κ3) is 4.27. The summed E-state index contributed by atoms with van der Waals surface area (Å²) in [5.41, 5.74) is 2.56. The molecule has 5 rings (SSSR count). The van der Waals surface area contributed by atoms with Gasteiger partial charge >= 0.3 is 0 Å². The van der Waals surface area contributed by atoms with Crippen molar-refractivity contribution >= 4 is 46.2 Å². The van der Waals surface area contributed by atoms with E-state index in [4.69, 9.17) is 0 Å². The van der Waals surface area contributed by atoms with Crippen LogP contribution in [-0.4, -0.2) is 62.6 Å². The van der Waals surface area contributed by atoms with Crippen LogP contribution in [0.4, 0.5) is 11.5 Å². The monoisotopic (exact) mass is 473 g/mol. The van der Waals surface area contributed by atoms with E-state index >= 15 is 0 Å². The Bertz CT molecular complexity index is 1340. The number of pyridine rings is 1. The molecule has 1 unspecified atom stereocenters. The van der Waals surface area contributed by atoms with Gasteiger partial charge < -0.3 is 10.6 Å². The van der Waals surface area contributed by atoms with E-state index in [9.17, 15) is 19.2 Å². The van der Waals surface area contributed by atoms with Crippen molar-refractivity contribution in [1.82, 2.24) is 25.2 Å². The van der Waals surface area contributed by atoms with E-state index in [0.29, 0.717) is 24.6 Å². The van der Waals surface area contributed by atoms with E-state index in [0.717, 1.165) is 28.8 Å². The second-order valence-corrected chi connectivity index (χ2v) is 8.33. The molecule has 178 valence electrons. The SMILES string of the molecule is O=C1CCC(N2C(=O)c3cccc(NCCCCNc4ncnc5cccnc45)c3C2=O)C(=O)N1. The minimum absolute atomic E-state index is 0.0871. The molecule has 0 spiro atoms. The lowest BCUT2D eigenvalue weighted by atomic mass is 10.0. The molecule has 0 bridgehead atoms. The average Bonchev–Trinajstić information content (AvgIpc) is 3.12. The second kappa shape index (κ2) is 9.45. The zero-order valence-corrected chi connectivity index (χ0v) is 18.8. The summed E-state index contributed by atoms with van der Waals surface area (Å²) >= 11 is 0. The lowest BCUT2D eigenvalue weighted by Gasteiger charge is -2.27. The van der Waals surface area contributed by atoms with Crippen LogP contribution in [0.25, 0.3) is 11.0 Å². The number of hydrogen-bond acceptors (Lipinski definition) is 9. The first-order valence-corrected chi connectivity index (χ1v) is 11.4. The number of aromatic nitrogens is 3. The highest BCUT2D eigenvalue weighted by molar-refractivity contribution is 6.25. The Balaban J connectivity index is 1.18. The highest BCUT2D eigenvalue weighted by Gasteiger charge is 2.45. The standard InChI is InChI=1S/C24H23N7O4/c32-18-9-8-17(22(33)30-18)31-23(34)14-5-3-6-15(19(14)24(31)35)25-10-1-2-11-27-21-20-16(28-13-29-21)7-4-12-26-20/h3-7,12-13,17,25H,1-2,8-11H2,(H,27,28,29)(H,30,32,33). The zero-order chi connectivity index (χ0) is 24.4. The minimum Gasteiger partial charge on any atom is -0.384 e. The number of piperidine rings is 1. The van der Waals surface area contributed by atoms with Crippen molar-refractivity contribution in [2.75, 3.05) is 23.7 Å². The Kier molecular flexibility index (Phi) is 6.04. The zero-order valence-electron chi connectivity index (χ0n) is 18.8. The number of anilines is 2. The van der Waals surface area contributed by atoms with Gasteiger partial charge in [-0.05, 0) is 43.5 Å². The molecule has 0 aliphatic carbocycles. The second-order valence-electron chi connectivity index (χ2n) is 8.33. The number of unbranched alkanes of at least 4 members (excludes halogenated alkanes) is 1. The molecule has 35 heavy (non-hydrogen) atoms. The van der Waals surface area contributed by atoms with Gasteiger partial charge in [-0.15, -0.1) is 0 Å². The van der Waals surface area contributed by atoms with Crippen molar-refractivity contribution in [3.63, 3.8) is 0 Å². The first kappa shape index (κ1) is 22.4. The minimum atomic E-state index is -0.980. The third-order valence-corrected chi connectivity index (χ3v) is 6.07. The van der Waals surface area contributed by atoms with Crippen molar-refractivity contribution in [2.24, 2.45) is 0 Å². The Morgan fingerprint density at radius 2 is 1.77 bits per heavy atom. The van der Waals surface area contributed by atoms with Crippen molar-refractivity contribution in [2.45, 2.75) is 31.7 Å². The van der Waals surface area contributed by atoms with E-state index in [1.807, 2.05) is 12.1 Å². The number of imide groups is 2. The van der Waals surface area contributed by atoms with Gasteiger partial charge in [0, 0.05) is 31.4 Å². The van der Waals surface area contributed by atoms with E-state index < -0.39 is 29.7 Å². The Morgan fingerprint density at radius 1 is 0.943 bits per heavy atom. The molecular formula is C24H23N7O4. The summed E-state index contributed by atoms with van der Waals surface area (Å²) in [6.45, 7) is 1.26. The number of amides is 4. The number of nitrogens with zero attached hydrogens (tertiary/aromatic N) is 4. The van der Waals surface area contributed by atoms with Gasteiger partial charge in [0.1, 0.15) is 17.9 Å². The Labute approximate surface area is 200 Å². The molecule has 3 aromatic rings. The fourth-order valence-electron chi connectivity index (χ4n) is 4.36. The molecule has 0 saturated carbocycles. The summed E-state index contributed by atoms with van der Waals surface area (Å²) in [7, 11) is 0.